The molecule has 2 heterocycles. The van der Waals surface area contributed by atoms with E-state index in [0.29, 0.717) is 53.4 Å². The van der Waals surface area contributed by atoms with E-state index in [0.717, 1.165) is 5.56 Å². The number of aromatic nitrogens is 4. The van der Waals surface area contributed by atoms with Gasteiger partial charge < -0.3 is 30.5 Å². The third-order valence-corrected chi connectivity index (χ3v) is 7.77. The molecule has 5 atom stereocenters. The molecule has 0 spiro atoms. The van der Waals surface area contributed by atoms with Crippen LogP contribution in [0.1, 0.15) is 42.9 Å². The Balaban J connectivity index is 1.36. The van der Waals surface area contributed by atoms with Gasteiger partial charge in [0.05, 0.1) is 28.9 Å². The molecule has 198 valence electrons. The molecule has 2 aliphatic carbocycles. The molecule has 38 heavy (non-hydrogen) atoms. The highest BCUT2D eigenvalue weighted by Gasteiger charge is 2.75. The molecular formula is C26H27ClN6O5. The van der Waals surface area contributed by atoms with E-state index in [-0.39, 0.29) is 18.2 Å². The van der Waals surface area contributed by atoms with Crippen molar-refractivity contribution in [1.82, 2.24) is 24.8 Å². The monoisotopic (exact) mass is 538 g/mol. The van der Waals surface area contributed by atoms with Gasteiger partial charge in [-0.15, -0.1) is 0 Å². The van der Waals surface area contributed by atoms with Gasteiger partial charge in [-0.3, -0.25) is 9.59 Å². The number of carbonyl (C=O) groups excluding carboxylic acids is 1. The summed E-state index contributed by atoms with van der Waals surface area (Å²) in [5.74, 6) is 5.15. The SMILES string of the molecule is CNC(=O)C12CC1C(n1cnc3c(NCc4cccc(Cl)c4C#CCCCC(=O)O)ncnc31)C(O)C2O. The highest BCUT2D eigenvalue weighted by atomic mass is 35.5. The van der Waals surface area contributed by atoms with Crippen molar-refractivity contribution in [1.29, 1.82) is 0 Å². The van der Waals surface area contributed by atoms with Crippen LogP contribution in [0.4, 0.5) is 5.82 Å². The molecule has 3 aromatic rings. The van der Waals surface area contributed by atoms with Crippen molar-refractivity contribution in [3.8, 4) is 11.8 Å². The van der Waals surface area contributed by atoms with E-state index >= 15 is 0 Å². The standard InChI is InChI=1S/C26H27ClN6O5/c1-28-25(38)26-10-16(26)20(21(36)22(26)37)33-13-32-19-23(30-12-31-24(19)33)29-11-14-6-5-8-17(27)15(14)7-3-2-4-9-18(34)35/h5-6,8,12-13,16,20-22,36-37H,2,4,9-11H2,1H3,(H,28,38)(H,34,35)(H,29,30,31). The number of aliphatic carboxylic acids is 1. The summed E-state index contributed by atoms with van der Waals surface area (Å²) < 4.78 is 1.71. The number of carboxylic acids is 1. The number of aliphatic hydroxyl groups excluding tert-OH is 2. The first-order valence-electron chi connectivity index (χ1n) is 12.3. The maximum Gasteiger partial charge on any atom is 0.303 e. The highest BCUT2D eigenvalue weighted by molar-refractivity contribution is 6.31. The lowest BCUT2D eigenvalue weighted by Crippen LogP contribution is -2.41. The average molecular weight is 539 g/mol. The van der Waals surface area contributed by atoms with Gasteiger partial charge in [-0.25, -0.2) is 15.0 Å². The molecule has 2 aromatic heterocycles. The van der Waals surface area contributed by atoms with Crippen LogP contribution in [0.15, 0.2) is 30.9 Å². The Hall–Kier alpha value is -3.72. The number of anilines is 1. The van der Waals surface area contributed by atoms with Crippen LogP contribution in [-0.2, 0) is 16.1 Å². The minimum Gasteiger partial charge on any atom is -0.481 e. The van der Waals surface area contributed by atoms with Gasteiger partial charge in [-0.1, -0.05) is 35.6 Å². The third kappa shape index (κ3) is 4.34. The number of imidazole rings is 1. The van der Waals surface area contributed by atoms with Crippen molar-refractivity contribution in [2.45, 2.75) is 50.5 Å². The first-order chi connectivity index (χ1) is 18.3. The van der Waals surface area contributed by atoms with Crippen LogP contribution in [0.25, 0.3) is 11.2 Å². The van der Waals surface area contributed by atoms with Crippen molar-refractivity contribution in [3.05, 3.63) is 47.0 Å². The summed E-state index contributed by atoms with van der Waals surface area (Å²) >= 11 is 6.39. The van der Waals surface area contributed by atoms with Gasteiger partial charge in [0.25, 0.3) is 0 Å². The largest absolute Gasteiger partial charge is 0.481 e. The fourth-order valence-electron chi connectivity index (χ4n) is 5.50. The Labute approximate surface area is 223 Å². The first-order valence-corrected chi connectivity index (χ1v) is 12.6. The fraction of sp³-hybridized carbons (Fsp3) is 0.423. The predicted molar refractivity (Wildman–Crippen MR) is 138 cm³/mol. The van der Waals surface area contributed by atoms with E-state index in [4.69, 9.17) is 16.7 Å². The zero-order valence-corrected chi connectivity index (χ0v) is 21.3. The molecule has 2 fully saturated rings. The smallest absolute Gasteiger partial charge is 0.303 e. The molecule has 11 nitrogen and oxygen atoms in total. The molecule has 1 aromatic carbocycles. The van der Waals surface area contributed by atoms with Gasteiger partial charge in [-0.05, 0) is 24.5 Å². The number of carbonyl (C=O) groups is 2. The molecule has 2 aliphatic rings. The normalized spacial score (nSPS) is 25.4. The number of amides is 1. The zero-order valence-electron chi connectivity index (χ0n) is 20.6. The van der Waals surface area contributed by atoms with Gasteiger partial charge >= 0.3 is 5.97 Å². The van der Waals surface area contributed by atoms with Crippen molar-refractivity contribution >= 4 is 40.5 Å². The van der Waals surface area contributed by atoms with Gasteiger partial charge in [-0.2, -0.15) is 0 Å². The number of rotatable bonds is 8. The molecule has 5 unspecified atom stereocenters. The Morgan fingerprint density at radius 1 is 1.26 bits per heavy atom. The Morgan fingerprint density at radius 2 is 2.08 bits per heavy atom. The van der Waals surface area contributed by atoms with Crippen LogP contribution >= 0.6 is 11.6 Å². The number of unbranched alkanes of at least 4 members (excludes halogenated alkanes) is 1. The number of carboxylic acid groups (broad SMARTS) is 1. The van der Waals surface area contributed by atoms with Gasteiger partial charge in [0.2, 0.25) is 5.91 Å². The molecule has 12 heteroatoms. The molecule has 1 amide bonds. The highest BCUT2D eigenvalue weighted by Crippen LogP contribution is 2.67. The molecule has 5 rings (SSSR count). The summed E-state index contributed by atoms with van der Waals surface area (Å²) in [6.07, 6.45) is 2.06. The minimum absolute atomic E-state index is 0.0619. The van der Waals surface area contributed by atoms with E-state index in [1.807, 2.05) is 12.1 Å². The quantitative estimate of drug-likeness (QED) is 0.212. The zero-order chi connectivity index (χ0) is 27.0. The topological polar surface area (TPSA) is 162 Å². The summed E-state index contributed by atoms with van der Waals surface area (Å²) in [5.41, 5.74) is 1.44. The lowest BCUT2D eigenvalue weighted by Gasteiger charge is -2.23. The van der Waals surface area contributed by atoms with E-state index in [1.165, 1.54) is 13.4 Å². The number of benzene rings is 1. The van der Waals surface area contributed by atoms with E-state index < -0.39 is 29.6 Å². The number of nitrogens with one attached hydrogen (secondary N) is 2. The predicted octanol–water partition coefficient (Wildman–Crippen LogP) is 1.73. The number of fused-ring (bicyclic) bond motifs is 2. The molecule has 5 N–H and O–H groups in total. The van der Waals surface area contributed by atoms with E-state index in [2.05, 4.69) is 37.4 Å². The number of hydrogen-bond donors (Lipinski definition) is 5. The molecule has 0 aliphatic heterocycles. The molecule has 2 saturated carbocycles. The fourth-order valence-corrected chi connectivity index (χ4v) is 5.74. The third-order valence-electron chi connectivity index (χ3n) is 7.45. The van der Waals surface area contributed by atoms with Gasteiger partial charge in [0.15, 0.2) is 11.5 Å². The summed E-state index contributed by atoms with van der Waals surface area (Å²) in [5, 5.41) is 36.6. The van der Waals surface area contributed by atoms with Gasteiger partial charge in [0, 0.05) is 37.9 Å². The van der Waals surface area contributed by atoms with Crippen LogP contribution < -0.4 is 10.6 Å². The Bertz CT molecular complexity index is 1470. The maximum atomic E-state index is 12.5. The number of halogens is 1. The summed E-state index contributed by atoms with van der Waals surface area (Å²) in [6.45, 7) is 0.339. The molecule has 0 saturated heterocycles. The number of aliphatic hydroxyl groups is 2. The number of nitrogens with zero attached hydrogens (tertiary/aromatic N) is 4. The van der Waals surface area contributed by atoms with Crippen LogP contribution in [-0.4, -0.2) is 66.0 Å². The Kier molecular flexibility index (Phi) is 6.96. The molecular weight excluding hydrogens is 512 g/mol. The summed E-state index contributed by atoms with van der Waals surface area (Å²) in [6, 6.07) is 4.90. The lowest BCUT2D eigenvalue weighted by molar-refractivity contribution is -0.137. The molecule has 0 radical (unpaired) electrons. The number of hydrogen-bond acceptors (Lipinski definition) is 8. The van der Waals surface area contributed by atoms with Gasteiger partial charge in [0.1, 0.15) is 17.9 Å². The van der Waals surface area contributed by atoms with Crippen molar-refractivity contribution in [3.63, 3.8) is 0 Å². The summed E-state index contributed by atoms with van der Waals surface area (Å²) in [7, 11) is 1.52. The Morgan fingerprint density at radius 3 is 2.84 bits per heavy atom. The lowest BCUT2D eigenvalue weighted by atomic mass is 9.98. The van der Waals surface area contributed by atoms with Crippen LogP contribution in [0.5, 0.6) is 0 Å². The van der Waals surface area contributed by atoms with Crippen molar-refractivity contribution < 1.29 is 24.9 Å². The summed E-state index contributed by atoms with van der Waals surface area (Å²) in [4.78, 5) is 36.4. The second-order valence-electron chi connectivity index (χ2n) is 9.58. The van der Waals surface area contributed by atoms with Crippen molar-refractivity contribution in [2.75, 3.05) is 12.4 Å². The average Bonchev–Trinajstić information content (AvgIpc) is 3.43. The van der Waals surface area contributed by atoms with Crippen molar-refractivity contribution in [2.24, 2.45) is 11.3 Å². The second-order valence-corrected chi connectivity index (χ2v) is 9.99. The van der Waals surface area contributed by atoms with Crippen LogP contribution in [0.3, 0.4) is 0 Å². The maximum absolute atomic E-state index is 12.5. The van der Waals surface area contributed by atoms with Crippen LogP contribution in [0, 0.1) is 23.2 Å². The van der Waals surface area contributed by atoms with E-state index in [9.17, 15) is 19.8 Å². The van der Waals surface area contributed by atoms with E-state index in [1.54, 1.807) is 17.0 Å². The first kappa shape index (κ1) is 25.9. The van der Waals surface area contributed by atoms with Crippen LogP contribution in [0.2, 0.25) is 5.02 Å². The molecule has 0 bridgehead atoms. The minimum atomic E-state index is -1.18. The second kappa shape index (κ2) is 10.2.